The van der Waals surface area contributed by atoms with Gasteiger partial charge in [-0.05, 0) is 47.9 Å². The predicted molar refractivity (Wildman–Crippen MR) is 96.2 cm³/mol. The predicted octanol–water partition coefficient (Wildman–Crippen LogP) is 3.52. The summed E-state index contributed by atoms with van der Waals surface area (Å²) in [6.07, 6.45) is 0. The molecule has 1 heterocycles. The van der Waals surface area contributed by atoms with E-state index in [4.69, 9.17) is 10.3 Å². The van der Waals surface area contributed by atoms with E-state index < -0.39 is 16.0 Å². The Balaban J connectivity index is 0.000000272. The van der Waals surface area contributed by atoms with Crippen LogP contribution in [-0.2, 0) is 10.1 Å². The monoisotopic (exact) mass is 365 g/mol. The van der Waals surface area contributed by atoms with Gasteiger partial charge in [0, 0.05) is 5.56 Å². The normalized spacial score (nSPS) is 10.1. The van der Waals surface area contributed by atoms with Gasteiger partial charge in [0.15, 0.2) is 0 Å². The van der Waals surface area contributed by atoms with Gasteiger partial charge in [0.05, 0.1) is 4.90 Å². The van der Waals surface area contributed by atoms with Gasteiger partial charge < -0.3 is 5.73 Å². The molecule has 128 valence electrons. The van der Waals surface area contributed by atoms with Crippen LogP contribution in [0.4, 0.5) is 0 Å². The highest BCUT2D eigenvalue weighted by Gasteiger charge is 2.17. The van der Waals surface area contributed by atoms with Gasteiger partial charge >= 0.3 is 0 Å². The van der Waals surface area contributed by atoms with Crippen LogP contribution in [0.2, 0.25) is 0 Å². The number of rotatable bonds is 2. The quantitative estimate of drug-likeness (QED) is 0.796. The highest BCUT2D eigenvalue weighted by Crippen LogP contribution is 2.21. The smallest absolute Gasteiger partial charge is 0.294 e. The summed E-state index contributed by atoms with van der Waals surface area (Å²) in [6.45, 7) is 3.08. The molecule has 0 radical (unpaired) electrons. The molecule has 1 amide bonds. The summed E-state index contributed by atoms with van der Waals surface area (Å²) in [4.78, 5) is 10.7. The lowest BCUT2D eigenvalue weighted by molar-refractivity contribution is 0.0999. The van der Waals surface area contributed by atoms with E-state index in [0.29, 0.717) is 11.1 Å². The molecule has 0 aliphatic carbocycles. The first-order chi connectivity index (χ1) is 11.2. The lowest BCUT2D eigenvalue weighted by Crippen LogP contribution is -2.14. The van der Waals surface area contributed by atoms with E-state index in [2.05, 4.69) is 0 Å². The molecule has 0 aliphatic rings. The third-order valence-electron chi connectivity index (χ3n) is 3.15. The van der Waals surface area contributed by atoms with Crippen LogP contribution in [0, 0.1) is 13.8 Å². The third-order valence-corrected chi connectivity index (χ3v) is 4.78. The van der Waals surface area contributed by atoms with Crippen molar-refractivity contribution >= 4 is 27.4 Å². The van der Waals surface area contributed by atoms with Crippen LogP contribution >= 0.6 is 11.3 Å². The van der Waals surface area contributed by atoms with Gasteiger partial charge in [-0.3, -0.25) is 9.35 Å². The number of carbonyl (C=O) groups is 1. The minimum Gasteiger partial charge on any atom is -0.366 e. The standard InChI is InChI=1S/C9H11NO4S.C8H8S/c1-5-6(2)8(15(12,13)14)4-3-7(5)9(10)11;1-2-4-6-8-9-7-5-3-1/h3-4H,1-2H3,(H2,10,11)(H,12,13,14);1-8H. The van der Waals surface area contributed by atoms with Crippen LogP contribution in [0.1, 0.15) is 21.5 Å². The zero-order valence-electron chi connectivity index (χ0n) is 13.3. The first kappa shape index (κ1) is 19.8. The number of primary amides is 1. The first-order valence-electron chi connectivity index (χ1n) is 6.93. The van der Waals surface area contributed by atoms with Crippen molar-refractivity contribution in [2.24, 2.45) is 5.73 Å². The Morgan fingerprint density at radius 2 is 1.46 bits per heavy atom. The van der Waals surface area contributed by atoms with Gasteiger partial charge in [-0.25, -0.2) is 0 Å². The Morgan fingerprint density at radius 1 is 0.958 bits per heavy atom. The van der Waals surface area contributed by atoms with Gasteiger partial charge in [-0.1, -0.05) is 36.4 Å². The second-order valence-electron chi connectivity index (χ2n) is 4.76. The fourth-order valence-corrected chi connectivity index (χ4v) is 3.06. The Morgan fingerprint density at radius 3 is 1.92 bits per heavy atom. The van der Waals surface area contributed by atoms with Crippen LogP contribution in [0.5, 0.6) is 0 Å². The van der Waals surface area contributed by atoms with Crippen molar-refractivity contribution in [3.63, 3.8) is 0 Å². The number of nitrogens with two attached hydrogens (primary N) is 1. The fourth-order valence-electron chi connectivity index (χ4n) is 1.83. The van der Waals surface area contributed by atoms with E-state index in [9.17, 15) is 13.2 Å². The molecule has 1 aromatic heterocycles. The molecule has 7 heteroatoms. The Labute approximate surface area is 145 Å². The lowest BCUT2D eigenvalue weighted by Gasteiger charge is -2.08. The van der Waals surface area contributed by atoms with Crippen molar-refractivity contribution in [1.29, 1.82) is 0 Å². The first-order valence-corrected chi connectivity index (χ1v) is 9.31. The number of hydrogen-bond acceptors (Lipinski definition) is 4. The maximum Gasteiger partial charge on any atom is 0.294 e. The van der Waals surface area contributed by atoms with E-state index >= 15 is 0 Å². The molecule has 3 N–H and O–H groups in total. The second-order valence-corrected chi connectivity index (χ2v) is 6.97. The summed E-state index contributed by atoms with van der Waals surface area (Å²) < 4.78 is 30.7. The SMILES string of the molecule is Cc1c(C(N)=O)ccc(S(=O)(=O)O)c1C.c1ccccsccc1. The average molecular weight is 365 g/mol. The van der Waals surface area contributed by atoms with E-state index in [1.807, 2.05) is 47.2 Å². The summed E-state index contributed by atoms with van der Waals surface area (Å²) in [7, 11) is -4.25. The molecule has 0 fully saturated rings. The second kappa shape index (κ2) is 9.17. The van der Waals surface area contributed by atoms with Crippen molar-refractivity contribution in [1.82, 2.24) is 0 Å². The molecule has 0 atom stereocenters. The summed E-state index contributed by atoms with van der Waals surface area (Å²) in [6, 6.07) is 14.5. The summed E-state index contributed by atoms with van der Waals surface area (Å²) in [5.74, 6) is -0.627. The highest BCUT2D eigenvalue weighted by atomic mass is 32.2. The Bertz CT molecular complexity index is 781. The zero-order chi connectivity index (χ0) is 18.2. The number of carbonyl (C=O) groups excluding carboxylic acids is 1. The highest BCUT2D eigenvalue weighted by molar-refractivity contribution is 7.85. The fraction of sp³-hybridized carbons (Fsp3) is 0.118. The summed E-state index contributed by atoms with van der Waals surface area (Å²) in [5.41, 5.74) is 6.13. The maximum absolute atomic E-state index is 10.9. The van der Waals surface area contributed by atoms with E-state index in [1.54, 1.807) is 18.3 Å². The topological polar surface area (TPSA) is 97.5 Å². The molecule has 1 aromatic carbocycles. The summed E-state index contributed by atoms with van der Waals surface area (Å²) in [5, 5.41) is 4.08. The molecular weight excluding hydrogens is 346 g/mol. The van der Waals surface area contributed by atoms with Gasteiger partial charge in [-0.15, -0.1) is 0 Å². The molecule has 0 spiro atoms. The molecule has 2 aromatic rings. The van der Waals surface area contributed by atoms with E-state index in [0.717, 1.165) is 6.07 Å². The van der Waals surface area contributed by atoms with Gasteiger partial charge in [0.25, 0.3) is 10.1 Å². The van der Waals surface area contributed by atoms with Gasteiger partial charge in [0.1, 0.15) is 0 Å². The maximum atomic E-state index is 10.9. The van der Waals surface area contributed by atoms with Crippen molar-refractivity contribution in [2.45, 2.75) is 18.7 Å². The largest absolute Gasteiger partial charge is 0.366 e. The minimum absolute atomic E-state index is 0.204. The molecule has 0 saturated carbocycles. The Kier molecular flexibility index (Phi) is 7.57. The van der Waals surface area contributed by atoms with Crippen LogP contribution in [-0.4, -0.2) is 18.9 Å². The van der Waals surface area contributed by atoms with Gasteiger partial charge in [-0.2, -0.15) is 19.8 Å². The van der Waals surface area contributed by atoms with Crippen molar-refractivity contribution in [3.8, 4) is 0 Å². The molecule has 0 unspecified atom stereocenters. The van der Waals surface area contributed by atoms with Crippen LogP contribution in [0.15, 0.2) is 64.2 Å². The minimum atomic E-state index is -4.25. The molecular formula is C17H19NO4S2. The van der Waals surface area contributed by atoms with Gasteiger partial charge in [0.2, 0.25) is 5.91 Å². The zero-order valence-corrected chi connectivity index (χ0v) is 15.0. The molecule has 2 rings (SSSR count). The number of hydrogen-bond donors (Lipinski definition) is 2. The van der Waals surface area contributed by atoms with Crippen LogP contribution < -0.4 is 5.73 Å². The van der Waals surface area contributed by atoms with E-state index in [1.165, 1.54) is 13.0 Å². The Hall–Kier alpha value is -2.22. The van der Waals surface area contributed by atoms with Crippen molar-refractivity contribution < 1.29 is 17.8 Å². The molecule has 24 heavy (non-hydrogen) atoms. The third kappa shape index (κ3) is 6.11. The average Bonchev–Trinajstić information content (AvgIpc) is 2.64. The number of benzene rings is 1. The molecule has 0 saturated heterocycles. The van der Waals surface area contributed by atoms with Crippen molar-refractivity contribution in [2.75, 3.05) is 0 Å². The molecule has 0 bridgehead atoms. The van der Waals surface area contributed by atoms with Crippen molar-refractivity contribution in [3.05, 3.63) is 76.0 Å². The van der Waals surface area contributed by atoms with E-state index in [-0.39, 0.29) is 10.5 Å². The lowest BCUT2D eigenvalue weighted by atomic mass is 10.0. The van der Waals surface area contributed by atoms with Crippen LogP contribution in [0.3, 0.4) is 0 Å². The van der Waals surface area contributed by atoms with Crippen LogP contribution in [0.25, 0.3) is 0 Å². The molecule has 5 nitrogen and oxygen atoms in total. The number of amides is 1. The molecule has 0 aliphatic heterocycles. The summed E-state index contributed by atoms with van der Waals surface area (Å²) >= 11 is 1.68.